The Morgan fingerprint density at radius 1 is 1.37 bits per heavy atom. The lowest BCUT2D eigenvalue weighted by Gasteiger charge is -2.37. The Balaban J connectivity index is 2.14. The first-order valence-corrected chi connectivity index (χ1v) is 13.1. The van der Waals surface area contributed by atoms with Crippen LogP contribution in [0.25, 0.3) is 0 Å². The topological polar surface area (TPSA) is 87.9 Å². The van der Waals surface area contributed by atoms with Crippen molar-refractivity contribution in [2.24, 2.45) is 0 Å². The van der Waals surface area contributed by atoms with Gasteiger partial charge in [-0.15, -0.1) is 6.58 Å². The number of benzene rings is 1. The fourth-order valence-electron chi connectivity index (χ4n) is 3.17. The van der Waals surface area contributed by atoms with Crippen molar-refractivity contribution in [3.8, 4) is 0 Å². The number of nitro benzene ring substituents is 1. The van der Waals surface area contributed by atoms with Crippen LogP contribution in [0.15, 0.2) is 36.9 Å². The van der Waals surface area contributed by atoms with E-state index in [4.69, 9.17) is 13.9 Å². The highest BCUT2D eigenvalue weighted by molar-refractivity contribution is 6.74. The summed E-state index contributed by atoms with van der Waals surface area (Å²) in [5.74, 6) is -0.529. The van der Waals surface area contributed by atoms with E-state index in [1.165, 1.54) is 24.3 Å². The van der Waals surface area contributed by atoms with E-state index in [9.17, 15) is 14.9 Å². The van der Waals surface area contributed by atoms with Crippen molar-refractivity contribution in [3.63, 3.8) is 0 Å². The molecule has 30 heavy (non-hydrogen) atoms. The van der Waals surface area contributed by atoms with Crippen LogP contribution in [0.1, 0.15) is 50.9 Å². The van der Waals surface area contributed by atoms with E-state index >= 15 is 0 Å². The zero-order valence-corrected chi connectivity index (χ0v) is 19.8. The van der Waals surface area contributed by atoms with Gasteiger partial charge >= 0.3 is 5.97 Å². The molecule has 0 radical (unpaired) electrons. The summed E-state index contributed by atoms with van der Waals surface area (Å²) in [6, 6.07) is 5.39. The molecule has 0 unspecified atom stereocenters. The first kappa shape index (κ1) is 24.2. The Morgan fingerprint density at radius 2 is 1.97 bits per heavy atom. The SMILES string of the molecule is C=CC[C@]1(C)C[C@@H](OC(=O)c2ccc([N+](=O)[O-])cc2)[C@H](CO[Si](C)(C)C(C)(C)C)O1. The molecule has 1 aromatic carbocycles. The molecule has 0 N–H and O–H groups in total. The highest BCUT2D eigenvalue weighted by Gasteiger charge is 2.46. The Kier molecular flexibility index (Phi) is 7.27. The molecule has 166 valence electrons. The van der Waals surface area contributed by atoms with Gasteiger partial charge in [0.25, 0.3) is 5.69 Å². The maximum absolute atomic E-state index is 12.7. The average molecular weight is 436 g/mol. The molecule has 0 saturated carbocycles. The van der Waals surface area contributed by atoms with E-state index < -0.39 is 30.9 Å². The molecule has 1 saturated heterocycles. The predicted molar refractivity (Wildman–Crippen MR) is 118 cm³/mol. The molecule has 1 fully saturated rings. The third-order valence-corrected chi connectivity index (χ3v) is 10.5. The number of hydrogen-bond donors (Lipinski definition) is 0. The molecule has 0 spiro atoms. The average Bonchev–Trinajstić information content (AvgIpc) is 2.94. The van der Waals surface area contributed by atoms with Crippen molar-refractivity contribution in [1.82, 2.24) is 0 Å². The number of esters is 1. The molecule has 1 aliphatic heterocycles. The largest absolute Gasteiger partial charge is 0.456 e. The first-order valence-electron chi connectivity index (χ1n) is 10.2. The molecule has 8 heteroatoms. The van der Waals surface area contributed by atoms with E-state index in [2.05, 4.69) is 40.4 Å². The van der Waals surface area contributed by atoms with Crippen LogP contribution in [0, 0.1) is 10.1 Å². The quantitative estimate of drug-likeness (QED) is 0.182. The summed E-state index contributed by atoms with van der Waals surface area (Å²) < 4.78 is 18.4. The second-order valence-electron chi connectivity index (χ2n) is 9.62. The fraction of sp³-hybridized carbons (Fsp3) is 0.591. The minimum atomic E-state index is -1.99. The van der Waals surface area contributed by atoms with Gasteiger partial charge in [0.05, 0.1) is 22.7 Å². The van der Waals surface area contributed by atoms with E-state index in [1.807, 2.05) is 6.92 Å². The number of nitro groups is 1. The zero-order chi connectivity index (χ0) is 22.7. The van der Waals surface area contributed by atoms with Crippen molar-refractivity contribution in [2.45, 2.75) is 76.5 Å². The fourth-order valence-corrected chi connectivity index (χ4v) is 4.19. The molecule has 0 aliphatic carbocycles. The van der Waals surface area contributed by atoms with Gasteiger partial charge < -0.3 is 13.9 Å². The van der Waals surface area contributed by atoms with Gasteiger partial charge in [-0.2, -0.15) is 0 Å². The van der Waals surface area contributed by atoms with E-state index in [0.29, 0.717) is 19.4 Å². The van der Waals surface area contributed by atoms with Crippen LogP contribution in [-0.2, 0) is 13.9 Å². The number of non-ortho nitro benzene ring substituents is 1. The summed E-state index contributed by atoms with van der Waals surface area (Å²) in [6.45, 7) is 17.0. The predicted octanol–water partition coefficient (Wildman–Crippen LogP) is 5.27. The van der Waals surface area contributed by atoms with Gasteiger partial charge in [-0.1, -0.05) is 26.8 Å². The summed E-state index contributed by atoms with van der Waals surface area (Å²) in [7, 11) is -1.99. The minimum Gasteiger partial charge on any atom is -0.456 e. The van der Waals surface area contributed by atoms with E-state index in [0.717, 1.165) is 0 Å². The van der Waals surface area contributed by atoms with Gasteiger partial charge in [0.15, 0.2) is 8.32 Å². The summed E-state index contributed by atoms with van der Waals surface area (Å²) in [5.41, 5.74) is -0.291. The third kappa shape index (κ3) is 5.77. The number of carbonyl (C=O) groups excluding carboxylic acids is 1. The minimum absolute atomic E-state index is 0.0565. The molecule has 0 aromatic heterocycles. The number of ether oxygens (including phenoxy) is 2. The molecule has 7 nitrogen and oxygen atoms in total. The lowest BCUT2D eigenvalue weighted by atomic mass is 9.96. The Labute approximate surface area is 179 Å². The second kappa shape index (κ2) is 8.99. The van der Waals surface area contributed by atoms with Crippen molar-refractivity contribution >= 4 is 20.0 Å². The van der Waals surface area contributed by atoms with Gasteiger partial charge in [0.1, 0.15) is 12.2 Å². The summed E-state index contributed by atoms with van der Waals surface area (Å²) in [6.07, 6.45) is 2.11. The molecular formula is C22H33NO6Si. The molecule has 2 rings (SSSR count). The van der Waals surface area contributed by atoms with E-state index in [1.54, 1.807) is 6.08 Å². The van der Waals surface area contributed by atoms with Crippen molar-refractivity contribution in [2.75, 3.05) is 6.61 Å². The molecular weight excluding hydrogens is 402 g/mol. The van der Waals surface area contributed by atoms with Crippen LogP contribution in [-0.4, -0.2) is 43.6 Å². The summed E-state index contributed by atoms with van der Waals surface area (Å²) in [5, 5.41) is 10.9. The number of nitrogens with zero attached hydrogens (tertiary/aromatic N) is 1. The van der Waals surface area contributed by atoms with Gasteiger partial charge in [0, 0.05) is 18.6 Å². The molecule has 1 aromatic rings. The summed E-state index contributed by atoms with van der Waals surface area (Å²) >= 11 is 0. The number of rotatable bonds is 8. The smallest absolute Gasteiger partial charge is 0.338 e. The molecule has 3 atom stereocenters. The molecule has 1 aliphatic rings. The standard InChI is InChI=1S/C22H33NO6Si/c1-8-13-22(5)14-18(19(29-22)15-27-30(6,7)21(2,3)4)28-20(24)16-9-11-17(12-10-16)23(25)26/h8-12,18-19H,1,13-15H2,2-7H3/t18-,19+,22-/m1/s1. The van der Waals surface area contributed by atoms with Crippen molar-refractivity contribution in [1.29, 1.82) is 0 Å². The molecule has 0 bridgehead atoms. The maximum Gasteiger partial charge on any atom is 0.338 e. The Bertz CT molecular complexity index is 786. The number of hydrogen-bond acceptors (Lipinski definition) is 6. The van der Waals surface area contributed by atoms with Gasteiger partial charge in [0.2, 0.25) is 0 Å². The van der Waals surface area contributed by atoms with Gasteiger partial charge in [-0.25, -0.2) is 4.79 Å². The van der Waals surface area contributed by atoms with Crippen LogP contribution in [0.4, 0.5) is 5.69 Å². The highest BCUT2D eigenvalue weighted by atomic mass is 28.4. The normalized spacial score (nSPS) is 24.5. The molecule has 0 amide bonds. The van der Waals surface area contributed by atoms with Crippen LogP contribution >= 0.6 is 0 Å². The first-order chi connectivity index (χ1) is 13.8. The van der Waals surface area contributed by atoms with Crippen molar-refractivity contribution in [3.05, 3.63) is 52.6 Å². The lowest BCUT2D eigenvalue weighted by Crippen LogP contribution is -2.44. The van der Waals surface area contributed by atoms with Crippen LogP contribution in [0.3, 0.4) is 0 Å². The van der Waals surface area contributed by atoms with Crippen LogP contribution < -0.4 is 0 Å². The monoisotopic (exact) mass is 435 g/mol. The Hall–Kier alpha value is -2.03. The third-order valence-electron chi connectivity index (χ3n) is 6.05. The number of carbonyl (C=O) groups is 1. The Morgan fingerprint density at radius 3 is 2.47 bits per heavy atom. The summed E-state index contributed by atoms with van der Waals surface area (Å²) in [4.78, 5) is 23.0. The van der Waals surface area contributed by atoms with Crippen molar-refractivity contribution < 1.29 is 23.6 Å². The van der Waals surface area contributed by atoms with Gasteiger partial charge in [-0.05, 0) is 43.6 Å². The van der Waals surface area contributed by atoms with Gasteiger partial charge in [-0.3, -0.25) is 10.1 Å². The maximum atomic E-state index is 12.7. The molecule has 1 heterocycles. The van der Waals surface area contributed by atoms with Crippen LogP contribution in [0.2, 0.25) is 18.1 Å². The van der Waals surface area contributed by atoms with Crippen LogP contribution in [0.5, 0.6) is 0 Å². The highest BCUT2D eigenvalue weighted by Crippen LogP contribution is 2.39. The van der Waals surface area contributed by atoms with E-state index in [-0.39, 0.29) is 22.4 Å². The lowest BCUT2D eigenvalue weighted by molar-refractivity contribution is -0.384. The zero-order valence-electron chi connectivity index (χ0n) is 18.8. The second-order valence-corrected chi connectivity index (χ2v) is 14.4.